The first-order valence-corrected chi connectivity index (χ1v) is 9.54. The van der Waals surface area contributed by atoms with Gasteiger partial charge in [0.2, 0.25) is 0 Å². The van der Waals surface area contributed by atoms with Crippen molar-refractivity contribution in [1.82, 2.24) is 4.90 Å². The molecule has 1 aromatic heterocycles. The van der Waals surface area contributed by atoms with Gasteiger partial charge >= 0.3 is 6.03 Å². The van der Waals surface area contributed by atoms with E-state index in [-0.39, 0.29) is 6.03 Å². The second-order valence-electron chi connectivity index (χ2n) is 5.28. The molecule has 1 aliphatic rings. The Labute approximate surface area is 144 Å². The van der Waals surface area contributed by atoms with Crippen molar-refractivity contribution in [3.63, 3.8) is 0 Å². The van der Waals surface area contributed by atoms with Gasteiger partial charge < -0.3 is 15.0 Å². The van der Waals surface area contributed by atoms with Crippen molar-refractivity contribution >= 4 is 34.8 Å². The van der Waals surface area contributed by atoms with E-state index < -0.39 is 0 Å². The van der Waals surface area contributed by atoms with Crippen LogP contribution in [0.5, 0.6) is 5.75 Å². The van der Waals surface area contributed by atoms with Gasteiger partial charge in [-0.25, -0.2) is 4.79 Å². The van der Waals surface area contributed by atoms with Crippen LogP contribution in [0.1, 0.15) is 16.5 Å². The fourth-order valence-electron chi connectivity index (χ4n) is 2.62. The summed E-state index contributed by atoms with van der Waals surface area (Å²) in [6.07, 6.45) is 0.991. The summed E-state index contributed by atoms with van der Waals surface area (Å²) in [4.78, 5) is 15.8. The maximum Gasteiger partial charge on any atom is 0.321 e. The van der Waals surface area contributed by atoms with Crippen LogP contribution >= 0.6 is 23.1 Å². The maximum atomic E-state index is 12.5. The SMILES string of the molecule is COc1ccccc1NC(=O)N1CCS[C@@H](c2cccs2)CC1. The van der Waals surface area contributed by atoms with Crippen LogP contribution in [0.25, 0.3) is 0 Å². The Hall–Kier alpha value is -1.66. The number of carbonyl (C=O) groups is 1. The van der Waals surface area contributed by atoms with Crippen LogP contribution in [-0.2, 0) is 0 Å². The molecule has 2 heterocycles. The number of thiophene rings is 1. The standard InChI is InChI=1S/C17H20N2O2S2/c1-21-14-6-3-2-5-13(14)18-17(20)19-9-8-16(23-12-10-19)15-7-4-11-22-15/h2-7,11,16H,8-10,12H2,1H3,(H,18,20)/t16-/m1/s1. The highest BCUT2D eigenvalue weighted by molar-refractivity contribution is 7.99. The molecule has 122 valence electrons. The van der Waals surface area contributed by atoms with Gasteiger partial charge in [0.05, 0.1) is 12.8 Å². The second-order valence-corrected chi connectivity index (χ2v) is 7.57. The van der Waals surface area contributed by atoms with Gasteiger partial charge in [-0.3, -0.25) is 0 Å². The zero-order valence-electron chi connectivity index (χ0n) is 13.0. The molecule has 1 N–H and O–H groups in total. The normalized spacial score (nSPS) is 18.3. The number of rotatable bonds is 3. The van der Waals surface area contributed by atoms with Crippen LogP contribution in [0.2, 0.25) is 0 Å². The molecule has 2 amide bonds. The minimum Gasteiger partial charge on any atom is -0.495 e. The molecule has 1 aromatic carbocycles. The molecule has 23 heavy (non-hydrogen) atoms. The van der Waals surface area contributed by atoms with Gasteiger partial charge in [-0.1, -0.05) is 18.2 Å². The molecule has 3 rings (SSSR count). The van der Waals surface area contributed by atoms with Crippen molar-refractivity contribution in [2.45, 2.75) is 11.7 Å². The molecular weight excluding hydrogens is 328 g/mol. The van der Waals surface area contributed by atoms with E-state index in [1.54, 1.807) is 18.4 Å². The Morgan fingerprint density at radius 2 is 2.13 bits per heavy atom. The van der Waals surface area contributed by atoms with Crippen LogP contribution in [0.4, 0.5) is 10.5 Å². The number of urea groups is 1. The molecule has 0 radical (unpaired) electrons. The number of para-hydroxylation sites is 2. The molecule has 4 nitrogen and oxygen atoms in total. The minimum absolute atomic E-state index is 0.0538. The first-order chi connectivity index (χ1) is 11.3. The Kier molecular flexibility index (Phi) is 5.46. The van der Waals surface area contributed by atoms with Crippen molar-refractivity contribution in [3.8, 4) is 5.75 Å². The summed E-state index contributed by atoms with van der Waals surface area (Å²) in [6.45, 7) is 1.55. The maximum absolute atomic E-state index is 12.5. The number of anilines is 1. The second kappa shape index (κ2) is 7.75. The lowest BCUT2D eigenvalue weighted by molar-refractivity contribution is 0.215. The lowest BCUT2D eigenvalue weighted by atomic mass is 10.2. The number of carbonyl (C=O) groups excluding carboxylic acids is 1. The summed E-state index contributed by atoms with van der Waals surface area (Å²) in [7, 11) is 1.61. The Morgan fingerprint density at radius 3 is 2.91 bits per heavy atom. The van der Waals surface area contributed by atoms with E-state index in [0.29, 0.717) is 16.7 Å². The molecule has 0 saturated carbocycles. The average molecular weight is 348 g/mol. The molecule has 0 aliphatic carbocycles. The Bertz CT molecular complexity index is 646. The Balaban J connectivity index is 1.62. The minimum atomic E-state index is -0.0538. The third-order valence-electron chi connectivity index (χ3n) is 3.84. The summed E-state index contributed by atoms with van der Waals surface area (Å²) in [5, 5.41) is 5.58. The number of hydrogen-bond donors (Lipinski definition) is 1. The molecule has 1 aliphatic heterocycles. The van der Waals surface area contributed by atoms with Gasteiger partial charge in [-0.2, -0.15) is 11.8 Å². The van der Waals surface area contributed by atoms with Gasteiger partial charge in [-0.05, 0) is 30.0 Å². The van der Waals surface area contributed by atoms with Gasteiger partial charge in [0, 0.05) is 29.0 Å². The molecular formula is C17H20N2O2S2. The van der Waals surface area contributed by atoms with E-state index in [2.05, 4.69) is 22.8 Å². The van der Waals surface area contributed by atoms with Crippen molar-refractivity contribution in [2.75, 3.05) is 31.3 Å². The largest absolute Gasteiger partial charge is 0.495 e. The summed E-state index contributed by atoms with van der Waals surface area (Å²) >= 11 is 3.74. The van der Waals surface area contributed by atoms with Crippen LogP contribution < -0.4 is 10.1 Å². The Morgan fingerprint density at radius 1 is 1.26 bits per heavy atom. The number of benzene rings is 1. The predicted molar refractivity (Wildman–Crippen MR) is 97.7 cm³/mol. The average Bonchev–Trinajstić information content (AvgIpc) is 3.00. The smallest absolute Gasteiger partial charge is 0.321 e. The van der Waals surface area contributed by atoms with E-state index in [1.165, 1.54) is 4.88 Å². The van der Waals surface area contributed by atoms with Crippen molar-refractivity contribution in [1.29, 1.82) is 0 Å². The lowest BCUT2D eigenvalue weighted by Crippen LogP contribution is -2.36. The number of ether oxygens (including phenoxy) is 1. The fraction of sp³-hybridized carbons (Fsp3) is 0.353. The zero-order chi connectivity index (χ0) is 16.1. The van der Waals surface area contributed by atoms with Crippen LogP contribution in [0.15, 0.2) is 41.8 Å². The van der Waals surface area contributed by atoms with Crippen LogP contribution in [-0.4, -0.2) is 36.9 Å². The third kappa shape index (κ3) is 4.00. The molecule has 0 bridgehead atoms. The van der Waals surface area contributed by atoms with Gasteiger partial charge in [0.25, 0.3) is 0 Å². The van der Waals surface area contributed by atoms with E-state index in [4.69, 9.17) is 4.74 Å². The van der Waals surface area contributed by atoms with E-state index >= 15 is 0 Å². The molecule has 6 heteroatoms. The van der Waals surface area contributed by atoms with Gasteiger partial charge in [0.15, 0.2) is 0 Å². The number of nitrogens with zero attached hydrogens (tertiary/aromatic N) is 1. The van der Waals surface area contributed by atoms with Gasteiger partial charge in [0.1, 0.15) is 5.75 Å². The van der Waals surface area contributed by atoms with Crippen LogP contribution in [0.3, 0.4) is 0 Å². The first-order valence-electron chi connectivity index (χ1n) is 7.62. The number of hydrogen-bond acceptors (Lipinski definition) is 4. The summed E-state index contributed by atoms with van der Waals surface area (Å²) in [6, 6.07) is 11.7. The zero-order valence-corrected chi connectivity index (χ0v) is 14.7. The molecule has 0 unspecified atom stereocenters. The molecule has 0 spiro atoms. The predicted octanol–water partition coefficient (Wildman–Crippen LogP) is 4.47. The highest BCUT2D eigenvalue weighted by Gasteiger charge is 2.23. The monoisotopic (exact) mass is 348 g/mol. The topological polar surface area (TPSA) is 41.6 Å². The van der Waals surface area contributed by atoms with Gasteiger partial charge in [-0.15, -0.1) is 11.3 Å². The highest BCUT2D eigenvalue weighted by atomic mass is 32.2. The number of methoxy groups -OCH3 is 1. The number of nitrogens with one attached hydrogen (secondary N) is 1. The lowest BCUT2D eigenvalue weighted by Gasteiger charge is -2.21. The fourth-order valence-corrected chi connectivity index (χ4v) is 4.85. The third-order valence-corrected chi connectivity index (χ3v) is 6.28. The van der Waals surface area contributed by atoms with Crippen molar-refractivity contribution in [2.24, 2.45) is 0 Å². The number of amides is 2. The molecule has 1 saturated heterocycles. The van der Waals surface area contributed by atoms with Crippen molar-refractivity contribution < 1.29 is 9.53 Å². The van der Waals surface area contributed by atoms with E-state index in [0.717, 1.165) is 25.3 Å². The van der Waals surface area contributed by atoms with Crippen LogP contribution in [0, 0.1) is 0 Å². The summed E-state index contributed by atoms with van der Waals surface area (Å²) < 4.78 is 5.29. The van der Waals surface area contributed by atoms with E-state index in [1.807, 2.05) is 40.9 Å². The highest BCUT2D eigenvalue weighted by Crippen LogP contribution is 2.36. The molecule has 2 aromatic rings. The number of thioether (sulfide) groups is 1. The first kappa shape index (κ1) is 16.2. The van der Waals surface area contributed by atoms with Crippen molar-refractivity contribution in [3.05, 3.63) is 46.7 Å². The molecule has 1 fully saturated rings. The molecule has 1 atom stereocenters. The quantitative estimate of drug-likeness (QED) is 0.890. The van der Waals surface area contributed by atoms with E-state index in [9.17, 15) is 4.79 Å². The summed E-state index contributed by atoms with van der Waals surface area (Å²) in [5.74, 6) is 1.64. The summed E-state index contributed by atoms with van der Waals surface area (Å²) in [5.41, 5.74) is 0.715.